The number of hydrogen-bond acceptors (Lipinski definition) is 2. The zero-order valence-electron chi connectivity index (χ0n) is 12.2. The molecule has 0 radical (unpaired) electrons. The van der Waals surface area contributed by atoms with Crippen molar-refractivity contribution in [3.05, 3.63) is 47.3 Å². The Hall–Kier alpha value is -2.23. The van der Waals surface area contributed by atoms with Crippen LogP contribution in [-0.4, -0.2) is 10.5 Å². The molecule has 20 heavy (non-hydrogen) atoms. The molecule has 3 N–H and O–H groups in total. The van der Waals surface area contributed by atoms with Crippen molar-refractivity contribution in [2.75, 3.05) is 11.1 Å². The molecule has 0 saturated heterocycles. The number of carbonyl (C=O) groups excluding carboxylic acids is 1. The molecule has 2 aromatic rings. The summed E-state index contributed by atoms with van der Waals surface area (Å²) < 4.78 is 1.90. The fraction of sp³-hybridized carbons (Fsp3) is 0.312. The minimum Gasteiger partial charge on any atom is -0.397 e. The van der Waals surface area contributed by atoms with Gasteiger partial charge in [-0.3, -0.25) is 4.79 Å². The quantitative estimate of drug-likeness (QED) is 0.895. The van der Waals surface area contributed by atoms with Crippen molar-refractivity contribution in [3.8, 4) is 0 Å². The standard InChI is InChI=1S/C16H21N3O/c1-4-7-19-10-13(17)9-15(19)16(20)18-14-8-11(2)5-6-12(14)3/h5-6,8-10H,4,7,17H2,1-3H3,(H,18,20). The normalized spacial score (nSPS) is 10.6. The van der Waals surface area contributed by atoms with Gasteiger partial charge in [-0.15, -0.1) is 0 Å². The third-order valence-electron chi connectivity index (χ3n) is 3.26. The average molecular weight is 271 g/mol. The third kappa shape index (κ3) is 3.02. The highest BCUT2D eigenvalue weighted by atomic mass is 16.1. The molecule has 4 nitrogen and oxygen atoms in total. The van der Waals surface area contributed by atoms with E-state index in [1.54, 1.807) is 6.07 Å². The lowest BCUT2D eigenvalue weighted by Gasteiger charge is -2.11. The zero-order valence-corrected chi connectivity index (χ0v) is 12.2. The molecule has 0 unspecified atom stereocenters. The number of aryl methyl sites for hydroxylation is 3. The van der Waals surface area contributed by atoms with Crippen LogP contribution in [0.5, 0.6) is 0 Å². The second kappa shape index (κ2) is 5.82. The largest absolute Gasteiger partial charge is 0.397 e. The summed E-state index contributed by atoms with van der Waals surface area (Å²) in [6, 6.07) is 7.73. The SMILES string of the molecule is CCCn1cc(N)cc1C(=O)Nc1cc(C)ccc1C. The van der Waals surface area contributed by atoms with Crippen LogP contribution in [0.3, 0.4) is 0 Å². The molecule has 0 atom stereocenters. The lowest BCUT2D eigenvalue weighted by molar-refractivity contribution is 0.101. The molecular weight excluding hydrogens is 250 g/mol. The number of nitrogen functional groups attached to an aromatic ring is 1. The number of benzene rings is 1. The topological polar surface area (TPSA) is 60.0 Å². The van der Waals surface area contributed by atoms with Crippen LogP contribution < -0.4 is 11.1 Å². The van der Waals surface area contributed by atoms with Gasteiger partial charge in [0.2, 0.25) is 0 Å². The van der Waals surface area contributed by atoms with Crippen LogP contribution in [0.2, 0.25) is 0 Å². The van der Waals surface area contributed by atoms with Crippen LogP contribution in [0.15, 0.2) is 30.5 Å². The molecule has 0 aliphatic rings. The van der Waals surface area contributed by atoms with Gasteiger partial charge >= 0.3 is 0 Å². The summed E-state index contributed by atoms with van der Waals surface area (Å²) in [7, 11) is 0. The summed E-state index contributed by atoms with van der Waals surface area (Å²) in [5, 5.41) is 2.96. The monoisotopic (exact) mass is 271 g/mol. The molecule has 0 bridgehead atoms. The van der Waals surface area contributed by atoms with Crippen molar-refractivity contribution >= 4 is 17.3 Å². The summed E-state index contributed by atoms with van der Waals surface area (Å²) in [6.45, 7) is 6.84. The highest BCUT2D eigenvalue weighted by molar-refractivity contribution is 6.04. The Kier molecular flexibility index (Phi) is 4.13. The van der Waals surface area contributed by atoms with Crippen molar-refractivity contribution in [1.82, 2.24) is 4.57 Å². The first-order chi connectivity index (χ1) is 9.51. The Bertz CT molecular complexity index is 629. The number of aromatic nitrogens is 1. The van der Waals surface area contributed by atoms with Crippen LogP contribution in [0.4, 0.5) is 11.4 Å². The second-order valence-electron chi connectivity index (χ2n) is 5.12. The van der Waals surface area contributed by atoms with Gasteiger partial charge in [0.25, 0.3) is 5.91 Å². The Balaban J connectivity index is 2.26. The Morgan fingerprint density at radius 3 is 2.75 bits per heavy atom. The lowest BCUT2D eigenvalue weighted by atomic mass is 10.1. The highest BCUT2D eigenvalue weighted by Gasteiger charge is 2.13. The number of carbonyl (C=O) groups is 1. The van der Waals surface area contributed by atoms with E-state index in [9.17, 15) is 4.79 Å². The average Bonchev–Trinajstić information content (AvgIpc) is 2.75. The van der Waals surface area contributed by atoms with E-state index < -0.39 is 0 Å². The number of nitrogens with two attached hydrogens (primary N) is 1. The molecule has 0 spiro atoms. The van der Waals surface area contributed by atoms with E-state index in [4.69, 9.17) is 5.73 Å². The minimum absolute atomic E-state index is 0.121. The zero-order chi connectivity index (χ0) is 14.7. The Morgan fingerprint density at radius 2 is 2.05 bits per heavy atom. The summed E-state index contributed by atoms with van der Waals surface area (Å²) in [5.41, 5.74) is 10.0. The first-order valence-electron chi connectivity index (χ1n) is 6.85. The van der Waals surface area contributed by atoms with Gasteiger partial charge < -0.3 is 15.6 Å². The number of nitrogens with one attached hydrogen (secondary N) is 1. The molecule has 1 heterocycles. The predicted octanol–water partition coefficient (Wildman–Crippen LogP) is 3.35. The van der Waals surface area contributed by atoms with Crippen LogP contribution in [0.25, 0.3) is 0 Å². The van der Waals surface area contributed by atoms with Crippen LogP contribution in [0, 0.1) is 13.8 Å². The van der Waals surface area contributed by atoms with Crippen LogP contribution in [-0.2, 0) is 6.54 Å². The van der Waals surface area contributed by atoms with E-state index in [1.807, 2.05) is 42.8 Å². The molecule has 1 amide bonds. The number of anilines is 2. The van der Waals surface area contributed by atoms with Crippen molar-refractivity contribution in [1.29, 1.82) is 0 Å². The van der Waals surface area contributed by atoms with Gasteiger partial charge in [0, 0.05) is 18.4 Å². The number of nitrogens with zero attached hydrogens (tertiary/aromatic N) is 1. The van der Waals surface area contributed by atoms with Gasteiger partial charge in [-0.25, -0.2) is 0 Å². The van der Waals surface area contributed by atoms with E-state index >= 15 is 0 Å². The third-order valence-corrected chi connectivity index (χ3v) is 3.26. The number of hydrogen-bond donors (Lipinski definition) is 2. The summed E-state index contributed by atoms with van der Waals surface area (Å²) in [4.78, 5) is 12.4. The molecule has 4 heteroatoms. The lowest BCUT2D eigenvalue weighted by Crippen LogP contribution is -2.17. The summed E-state index contributed by atoms with van der Waals surface area (Å²) >= 11 is 0. The molecule has 106 valence electrons. The molecule has 2 rings (SSSR count). The molecule has 0 aliphatic carbocycles. The summed E-state index contributed by atoms with van der Waals surface area (Å²) in [5.74, 6) is -0.121. The maximum absolute atomic E-state index is 12.4. The van der Waals surface area contributed by atoms with Crippen molar-refractivity contribution in [3.63, 3.8) is 0 Å². The fourth-order valence-corrected chi connectivity index (χ4v) is 2.21. The smallest absolute Gasteiger partial charge is 0.272 e. The Morgan fingerprint density at radius 1 is 1.30 bits per heavy atom. The van der Waals surface area contributed by atoms with Crippen molar-refractivity contribution in [2.24, 2.45) is 0 Å². The summed E-state index contributed by atoms with van der Waals surface area (Å²) in [6.07, 6.45) is 2.76. The van der Waals surface area contributed by atoms with E-state index in [-0.39, 0.29) is 5.91 Å². The van der Waals surface area contributed by atoms with Gasteiger partial charge in [0.1, 0.15) is 5.69 Å². The first kappa shape index (κ1) is 14.2. The van der Waals surface area contributed by atoms with E-state index in [0.29, 0.717) is 11.4 Å². The second-order valence-corrected chi connectivity index (χ2v) is 5.12. The van der Waals surface area contributed by atoms with E-state index in [2.05, 4.69) is 12.2 Å². The van der Waals surface area contributed by atoms with Gasteiger partial charge in [0.05, 0.1) is 5.69 Å². The molecule has 1 aromatic heterocycles. The van der Waals surface area contributed by atoms with Gasteiger partial charge in [0.15, 0.2) is 0 Å². The minimum atomic E-state index is -0.121. The number of amides is 1. The van der Waals surface area contributed by atoms with Crippen LogP contribution >= 0.6 is 0 Å². The molecule has 0 fully saturated rings. The maximum atomic E-state index is 12.4. The van der Waals surface area contributed by atoms with Crippen LogP contribution in [0.1, 0.15) is 35.0 Å². The van der Waals surface area contributed by atoms with E-state index in [1.165, 1.54) is 0 Å². The van der Waals surface area contributed by atoms with Crippen molar-refractivity contribution in [2.45, 2.75) is 33.7 Å². The Labute approximate surface area is 119 Å². The molecule has 1 aromatic carbocycles. The molecular formula is C16H21N3O. The highest BCUT2D eigenvalue weighted by Crippen LogP contribution is 2.19. The predicted molar refractivity (Wildman–Crippen MR) is 83.0 cm³/mol. The van der Waals surface area contributed by atoms with Gasteiger partial charge in [-0.05, 0) is 43.5 Å². The fourth-order valence-electron chi connectivity index (χ4n) is 2.21. The van der Waals surface area contributed by atoms with Crippen molar-refractivity contribution < 1.29 is 4.79 Å². The van der Waals surface area contributed by atoms with Gasteiger partial charge in [-0.1, -0.05) is 19.1 Å². The molecule has 0 saturated carbocycles. The van der Waals surface area contributed by atoms with Gasteiger partial charge in [-0.2, -0.15) is 0 Å². The molecule has 0 aliphatic heterocycles. The van der Waals surface area contributed by atoms with E-state index in [0.717, 1.165) is 29.8 Å². The number of rotatable bonds is 4. The first-order valence-corrected chi connectivity index (χ1v) is 6.85. The maximum Gasteiger partial charge on any atom is 0.272 e.